The third-order valence-electron chi connectivity index (χ3n) is 4.93. The molecule has 1 N–H and O–H groups in total. The molecule has 0 aliphatic carbocycles. The molecule has 32 heavy (non-hydrogen) atoms. The summed E-state index contributed by atoms with van der Waals surface area (Å²) in [5.74, 6) is -0.870. The summed E-state index contributed by atoms with van der Waals surface area (Å²) in [5.41, 5.74) is 0.906. The molecule has 156 valence electrons. The predicted octanol–water partition coefficient (Wildman–Crippen LogP) is 3.99. The Bertz CT molecular complexity index is 1530. The maximum atomic E-state index is 14.1. The molecule has 2 aromatic carbocycles. The van der Waals surface area contributed by atoms with Gasteiger partial charge in [0.15, 0.2) is 16.6 Å². The van der Waals surface area contributed by atoms with Gasteiger partial charge < -0.3 is 0 Å². The standard InChI is InChI=1S/C23H13ClFN5O2/c24-20-16(25)11-15-21(28-20)30(23(32)29-22(15)31)19-17(13-7-3-1-4-8-13)26-12-27-18(19)14-9-5-2-6-10-14/h1-12H,(H,29,31,32). The number of rotatable bonds is 3. The largest absolute Gasteiger partial charge is 0.334 e. The Labute approximate surface area is 184 Å². The van der Waals surface area contributed by atoms with Crippen molar-refractivity contribution in [2.75, 3.05) is 0 Å². The number of pyridine rings is 1. The molecule has 0 saturated heterocycles. The van der Waals surface area contributed by atoms with Gasteiger partial charge in [0.25, 0.3) is 5.56 Å². The van der Waals surface area contributed by atoms with Crippen LogP contribution >= 0.6 is 11.6 Å². The van der Waals surface area contributed by atoms with Crippen LogP contribution in [0.15, 0.2) is 82.6 Å². The van der Waals surface area contributed by atoms with Gasteiger partial charge in [-0.15, -0.1) is 0 Å². The Hall–Kier alpha value is -4.17. The van der Waals surface area contributed by atoms with E-state index in [9.17, 15) is 14.0 Å². The molecule has 5 rings (SSSR count). The highest BCUT2D eigenvalue weighted by Gasteiger charge is 2.22. The molecular weight excluding hydrogens is 433 g/mol. The quantitative estimate of drug-likeness (QED) is 0.424. The van der Waals surface area contributed by atoms with Crippen LogP contribution in [0.1, 0.15) is 0 Å². The van der Waals surface area contributed by atoms with E-state index in [1.54, 1.807) is 0 Å². The number of hydrogen-bond acceptors (Lipinski definition) is 5. The summed E-state index contributed by atoms with van der Waals surface area (Å²) in [5, 5.41) is -0.594. The van der Waals surface area contributed by atoms with Crippen LogP contribution in [0, 0.1) is 5.82 Å². The average molecular weight is 446 g/mol. The third-order valence-corrected chi connectivity index (χ3v) is 5.20. The van der Waals surface area contributed by atoms with Crippen molar-refractivity contribution >= 4 is 22.6 Å². The summed E-state index contributed by atoms with van der Waals surface area (Å²) in [6.07, 6.45) is 1.40. The molecule has 9 heteroatoms. The molecule has 0 amide bonds. The Morgan fingerprint density at radius 1 is 0.875 bits per heavy atom. The molecule has 0 radical (unpaired) electrons. The Kier molecular flexibility index (Phi) is 4.84. The molecule has 3 aromatic heterocycles. The summed E-state index contributed by atoms with van der Waals surface area (Å²) >= 11 is 5.92. The number of halogens is 2. The number of nitrogens with one attached hydrogen (secondary N) is 1. The summed E-state index contributed by atoms with van der Waals surface area (Å²) in [7, 11) is 0. The van der Waals surface area contributed by atoms with Crippen LogP contribution in [-0.2, 0) is 0 Å². The molecule has 0 spiro atoms. The van der Waals surface area contributed by atoms with E-state index in [-0.39, 0.29) is 16.7 Å². The van der Waals surface area contributed by atoms with Gasteiger partial charge >= 0.3 is 5.69 Å². The lowest BCUT2D eigenvalue weighted by atomic mass is 10.0. The predicted molar refractivity (Wildman–Crippen MR) is 119 cm³/mol. The third kappa shape index (κ3) is 3.27. The summed E-state index contributed by atoms with van der Waals surface area (Å²) in [6, 6.07) is 19.3. The highest BCUT2D eigenvalue weighted by Crippen LogP contribution is 2.32. The fraction of sp³-hybridized carbons (Fsp3) is 0. The Balaban J connectivity index is 1.98. The maximum Gasteiger partial charge on any atom is 0.334 e. The minimum absolute atomic E-state index is 0.102. The molecule has 0 aliphatic heterocycles. The van der Waals surface area contributed by atoms with Crippen LogP contribution in [0.3, 0.4) is 0 Å². The second kappa shape index (κ2) is 7.82. The topological polar surface area (TPSA) is 93.5 Å². The average Bonchev–Trinajstić information content (AvgIpc) is 2.82. The van der Waals surface area contributed by atoms with E-state index in [0.29, 0.717) is 22.5 Å². The molecule has 7 nitrogen and oxygen atoms in total. The van der Waals surface area contributed by atoms with Crippen LogP contribution in [0.5, 0.6) is 0 Å². The van der Waals surface area contributed by atoms with E-state index in [1.165, 1.54) is 6.33 Å². The lowest BCUT2D eigenvalue weighted by molar-refractivity contribution is 0.623. The molecule has 0 saturated carbocycles. The van der Waals surface area contributed by atoms with Crippen molar-refractivity contribution in [3.8, 4) is 28.2 Å². The van der Waals surface area contributed by atoms with Gasteiger partial charge in [-0.1, -0.05) is 72.3 Å². The lowest BCUT2D eigenvalue weighted by Crippen LogP contribution is -2.31. The van der Waals surface area contributed by atoms with Crippen LogP contribution in [0.4, 0.5) is 4.39 Å². The van der Waals surface area contributed by atoms with Gasteiger partial charge in [0, 0.05) is 11.1 Å². The van der Waals surface area contributed by atoms with E-state index < -0.39 is 22.2 Å². The van der Waals surface area contributed by atoms with E-state index in [4.69, 9.17) is 11.6 Å². The minimum Gasteiger partial charge on any atom is -0.273 e. The van der Waals surface area contributed by atoms with Crippen LogP contribution in [-0.4, -0.2) is 24.5 Å². The molecule has 0 bridgehead atoms. The zero-order valence-corrected chi connectivity index (χ0v) is 17.0. The van der Waals surface area contributed by atoms with Gasteiger partial charge in [-0.05, 0) is 6.07 Å². The van der Waals surface area contributed by atoms with Crippen molar-refractivity contribution in [1.82, 2.24) is 24.5 Å². The van der Waals surface area contributed by atoms with Gasteiger partial charge in [-0.2, -0.15) is 0 Å². The van der Waals surface area contributed by atoms with Crippen LogP contribution in [0.25, 0.3) is 39.2 Å². The second-order valence-electron chi connectivity index (χ2n) is 6.88. The minimum atomic E-state index is -0.870. The molecular formula is C23H13ClFN5O2. The number of benzene rings is 2. The smallest absolute Gasteiger partial charge is 0.273 e. The highest BCUT2D eigenvalue weighted by atomic mass is 35.5. The number of hydrogen-bond donors (Lipinski definition) is 1. The molecule has 0 unspecified atom stereocenters. The van der Waals surface area contributed by atoms with Crippen LogP contribution in [0.2, 0.25) is 5.15 Å². The molecule has 0 aliphatic rings. The van der Waals surface area contributed by atoms with E-state index in [2.05, 4.69) is 19.9 Å². The van der Waals surface area contributed by atoms with Crippen LogP contribution < -0.4 is 11.2 Å². The molecule has 0 atom stereocenters. The number of aromatic amines is 1. The Morgan fingerprint density at radius 3 is 2.00 bits per heavy atom. The number of aromatic nitrogens is 5. The molecule has 3 heterocycles. The number of fused-ring (bicyclic) bond motifs is 1. The van der Waals surface area contributed by atoms with Crippen molar-refractivity contribution in [2.24, 2.45) is 0 Å². The SMILES string of the molecule is O=c1[nH]c(=O)n(-c2c(-c3ccccc3)ncnc2-c2ccccc2)c2nc(Cl)c(F)cc12. The fourth-order valence-electron chi connectivity index (χ4n) is 3.52. The first-order chi connectivity index (χ1) is 15.5. The summed E-state index contributed by atoms with van der Waals surface area (Å²) in [4.78, 5) is 40.6. The Morgan fingerprint density at radius 2 is 1.44 bits per heavy atom. The van der Waals surface area contributed by atoms with Gasteiger partial charge in [0.05, 0.1) is 16.8 Å². The van der Waals surface area contributed by atoms with E-state index in [0.717, 1.165) is 10.6 Å². The first kappa shape index (κ1) is 19.8. The van der Waals surface area contributed by atoms with Crippen molar-refractivity contribution in [3.05, 3.63) is 105 Å². The van der Waals surface area contributed by atoms with Crippen molar-refractivity contribution in [2.45, 2.75) is 0 Å². The highest BCUT2D eigenvalue weighted by molar-refractivity contribution is 6.29. The molecule has 5 aromatic rings. The van der Waals surface area contributed by atoms with Gasteiger partial charge in [0.2, 0.25) is 0 Å². The first-order valence-electron chi connectivity index (χ1n) is 9.52. The van der Waals surface area contributed by atoms with Crippen molar-refractivity contribution in [3.63, 3.8) is 0 Å². The second-order valence-corrected chi connectivity index (χ2v) is 7.24. The van der Waals surface area contributed by atoms with Gasteiger partial charge in [0.1, 0.15) is 12.0 Å². The number of H-pyrrole nitrogens is 1. The van der Waals surface area contributed by atoms with Gasteiger partial charge in [-0.25, -0.2) is 28.7 Å². The van der Waals surface area contributed by atoms with E-state index >= 15 is 0 Å². The summed E-state index contributed by atoms with van der Waals surface area (Å²) < 4.78 is 15.3. The maximum absolute atomic E-state index is 14.1. The van der Waals surface area contributed by atoms with Crippen molar-refractivity contribution in [1.29, 1.82) is 0 Å². The first-order valence-corrected chi connectivity index (χ1v) is 9.89. The van der Waals surface area contributed by atoms with Gasteiger partial charge in [-0.3, -0.25) is 9.78 Å². The van der Waals surface area contributed by atoms with Crippen molar-refractivity contribution < 1.29 is 4.39 Å². The lowest BCUT2D eigenvalue weighted by Gasteiger charge is -2.16. The fourth-order valence-corrected chi connectivity index (χ4v) is 3.66. The number of nitrogens with zero attached hydrogens (tertiary/aromatic N) is 4. The van der Waals surface area contributed by atoms with E-state index in [1.807, 2.05) is 60.7 Å². The summed E-state index contributed by atoms with van der Waals surface area (Å²) in [6.45, 7) is 0. The monoisotopic (exact) mass is 445 g/mol. The normalized spacial score (nSPS) is 11.1. The zero-order chi connectivity index (χ0) is 22.2. The molecule has 0 fully saturated rings. The zero-order valence-electron chi connectivity index (χ0n) is 16.3.